The molecule has 3 nitrogen and oxygen atoms in total. The van der Waals surface area contributed by atoms with Crippen molar-refractivity contribution in [1.29, 1.82) is 0 Å². The van der Waals surface area contributed by atoms with E-state index in [1.165, 1.54) is 10.9 Å². The van der Waals surface area contributed by atoms with Crippen LogP contribution in [0.2, 0.25) is 0 Å². The fourth-order valence-corrected chi connectivity index (χ4v) is 2.09. The first-order valence-corrected chi connectivity index (χ1v) is 6.56. The van der Waals surface area contributed by atoms with Crippen LogP contribution < -0.4 is 5.32 Å². The minimum Gasteiger partial charge on any atom is -0.361 e. The third kappa shape index (κ3) is 3.62. The fraction of sp³-hybridized carbons (Fsp3) is 0.312. The third-order valence-electron chi connectivity index (χ3n) is 3.12. The molecular formula is C16H18N2O. The van der Waals surface area contributed by atoms with Gasteiger partial charge in [-0.25, -0.2) is 0 Å². The second-order valence-corrected chi connectivity index (χ2v) is 4.52. The molecule has 98 valence electrons. The van der Waals surface area contributed by atoms with Gasteiger partial charge in [0, 0.05) is 36.5 Å². The highest BCUT2D eigenvalue weighted by atomic mass is 16.1. The van der Waals surface area contributed by atoms with Crippen molar-refractivity contribution < 1.29 is 4.79 Å². The average Bonchev–Trinajstić information content (AvgIpc) is 2.85. The van der Waals surface area contributed by atoms with Gasteiger partial charge in [0.25, 0.3) is 0 Å². The van der Waals surface area contributed by atoms with E-state index in [1.807, 2.05) is 24.4 Å². The van der Waals surface area contributed by atoms with E-state index in [4.69, 9.17) is 6.42 Å². The van der Waals surface area contributed by atoms with Crippen molar-refractivity contribution in [3.8, 4) is 12.3 Å². The summed E-state index contributed by atoms with van der Waals surface area (Å²) in [5.41, 5.74) is 2.31. The number of fused-ring (bicyclic) bond motifs is 1. The summed E-state index contributed by atoms with van der Waals surface area (Å²) in [5.74, 6) is 2.65. The van der Waals surface area contributed by atoms with Gasteiger partial charge in [-0.3, -0.25) is 4.79 Å². The average molecular weight is 254 g/mol. The molecule has 1 heterocycles. The van der Waals surface area contributed by atoms with Crippen LogP contribution in [0.15, 0.2) is 30.5 Å². The lowest BCUT2D eigenvalue weighted by molar-refractivity contribution is -0.121. The lowest BCUT2D eigenvalue weighted by Crippen LogP contribution is -2.24. The van der Waals surface area contributed by atoms with E-state index < -0.39 is 0 Å². The Labute approximate surface area is 113 Å². The first-order chi connectivity index (χ1) is 9.31. The van der Waals surface area contributed by atoms with E-state index in [0.717, 1.165) is 18.4 Å². The molecule has 1 aromatic carbocycles. The van der Waals surface area contributed by atoms with Crippen LogP contribution in [-0.2, 0) is 11.2 Å². The second kappa shape index (κ2) is 6.65. The summed E-state index contributed by atoms with van der Waals surface area (Å²) in [6.45, 7) is 0.664. The molecule has 2 rings (SSSR count). The summed E-state index contributed by atoms with van der Waals surface area (Å²) in [7, 11) is 0. The molecule has 0 saturated carbocycles. The van der Waals surface area contributed by atoms with Gasteiger partial charge >= 0.3 is 0 Å². The number of carbonyl (C=O) groups excluding carboxylic acids is 1. The molecule has 2 aromatic rings. The van der Waals surface area contributed by atoms with Crippen LogP contribution in [0.3, 0.4) is 0 Å². The molecule has 19 heavy (non-hydrogen) atoms. The topological polar surface area (TPSA) is 44.9 Å². The van der Waals surface area contributed by atoms with Gasteiger partial charge < -0.3 is 10.3 Å². The molecule has 0 spiro atoms. The largest absolute Gasteiger partial charge is 0.361 e. The number of para-hydroxylation sites is 1. The number of terminal acetylenes is 1. The van der Waals surface area contributed by atoms with Gasteiger partial charge in [0.2, 0.25) is 5.91 Å². The Morgan fingerprint density at radius 3 is 3.05 bits per heavy atom. The van der Waals surface area contributed by atoms with E-state index in [1.54, 1.807) is 0 Å². The third-order valence-corrected chi connectivity index (χ3v) is 3.12. The number of aryl methyl sites for hydroxylation is 1. The van der Waals surface area contributed by atoms with E-state index in [0.29, 0.717) is 19.4 Å². The molecule has 0 fully saturated rings. The van der Waals surface area contributed by atoms with Crippen molar-refractivity contribution in [3.05, 3.63) is 36.0 Å². The van der Waals surface area contributed by atoms with E-state index in [2.05, 4.69) is 22.3 Å². The number of unbranched alkanes of at least 4 members (excludes halogenated alkanes) is 1. The Morgan fingerprint density at radius 1 is 1.37 bits per heavy atom. The number of nitrogens with one attached hydrogen (secondary N) is 2. The van der Waals surface area contributed by atoms with Gasteiger partial charge in [-0.15, -0.1) is 12.3 Å². The van der Waals surface area contributed by atoms with Crippen LogP contribution in [-0.4, -0.2) is 17.4 Å². The van der Waals surface area contributed by atoms with E-state index in [9.17, 15) is 4.79 Å². The van der Waals surface area contributed by atoms with Gasteiger partial charge in [0.05, 0.1) is 0 Å². The molecular weight excluding hydrogens is 236 g/mol. The summed E-state index contributed by atoms with van der Waals surface area (Å²) in [6, 6.07) is 8.13. The molecule has 0 aliphatic heterocycles. The Balaban J connectivity index is 1.82. The number of aromatic nitrogens is 1. The maximum atomic E-state index is 11.7. The molecule has 0 saturated heterocycles. The highest BCUT2D eigenvalue weighted by molar-refractivity contribution is 5.84. The van der Waals surface area contributed by atoms with Crippen molar-refractivity contribution >= 4 is 16.8 Å². The second-order valence-electron chi connectivity index (χ2n) is 4.52. The zero-order valence-electron chi connectivity index (χ0n) is 10.9. The Bertz CT molecular complexity index is 592. The van der Waals surface area contributed by atoms with Gasteiger partial charge in [-0.1, -0.05) is 18.2 Å². The van der Waals surface area contributed by atoms with Crippen molar-refractivity contribution in [2.45, 2.75) is 25.7 Å². The predicted molar refractivity (Wildman–Crippen MR) is 77.7 cm³/mol. The standard InChI is InChI=1S/C16H18N2O/c1-2-3-6-11-17-16(19)10-9-13-12-18-15-8-5-4-7-14(13)15/h1,4-5,7-8,12,18H,3,6,9-11H2,(H,17,19). The summed E-state index contributed by atoms with van der Waals surface area (Å²) in [6.07, 6.45) is 9.96. The number of amides is 1. The van der Waals surface area contributed by atoms with Crippen molar-refractivity contribution in [3.63, 3.8) is 0 Å². The zero-order valence-corrected chi connectivity index (χ0v) is 10.9. The molecule has 3 heteroatoms. The van der Waals surface area contributed by atoms with Crippen molar-refractivity contribution in [2.75, 3.05) is 6.54 Å². The van der Waals surface area contributed by atoms with Crippen molar-refractivity contribution in [2.24, 2.45) is 0 Å². The molecule has 2 N–H and O–H groups in total. The number of rotatable bonds is 6. The molecule has 0 radical (unpaired) electrons. The highest BCUT2D eigenvalue weighted by Gasteiger charge is 2.06. The number of H-pyrrole nitrogens is 1. The number of hydrogen-bond donors (Lipinski definition) is 2. The van der Waals surface area contributed by atoms with Gasteiger partial charge in [0.15, 0.2) is 0 Å². The van der Waals surface area contributed by atoms with Crippen LogP contribution >= 0.6 is 0 Å². The minimum atomic E-state index is 0.0855. The quantitative estimate of drug-likeness (QED) is 0.604. The van der Waals surface area contributed by atoms with E-state index >= 15 is 0 Å². The first kappa shape index (κ1) is 13.2. The van der Waals surface area contributed by atoms with E-state index in [-0.39, 0.29) is 5.91 Å². The maximum absolute atomic E-state index is 11.7. The Kier molecular flexibility index (Phi) is 4.63. The molecule has 1 amide bonds. The molecule has 0 bridgehead atoms. The fourth-order valence-electron chi connectivity index (χ4n) is 2.09. The zero-order chi connectivity index (χ0) is 13.5. The Morgan fingerprint density at radius 2 is 2.21 bits per heavy atom. The SMILES string of the molecule is C#CCCCNC(=O)CCc1c[nH]c2ccccc12. The lowest BCUT2D eigenvalue weighted by atomic mass is 10.1. The van der Waals surface area contributed by atoms with Crippen LogP contribution in [0.5, 0.6) is 0 Å². The number of benzene rings is 1. The van der Waals surface area contributed by atoms with Crippen LogP contribution in [0.25, 0.3) is 10.9 Å². The molecule has 0 aliphatic rings. The van der Waals surface area contributed by atoms with Crippen LogP contribution in [0.4, 0.5) is 0 Å². The lowest BCUT2D eigenvalue weighted by Gasteiger charge is -2.03. The minimum absolute atomic E-state index is 0.0855. The Hall–Kier alpha value is -2.21. The summed E-state index contributed by atoms with van der Waals surface area (Å²) >= 11 is 0. The molecule has 1 aromatic heterocycles. The summed E-state index contributed by atoms with van der Waals surface area (Å²) in [5, 5.41) is 4.08. The monoisotopic (exact) mass is 254 g/mol. The summed E-state index contributed by atoms with van der Waals surface area (Å²) < 4.78 is 0. The molecule has 0 atom stereocenters. The maximum Gasteiger partial charge on any atom is 0.220 e. The van der Waals surface area contributed by atoms with Crippen LogP contribution in [0, 0.1) is 12.3 Å². The normalized spacial score (nSPS) is 10.3. The van der Waals surface area contributed by atoms with Gasteiger partial charge in [-0.2, -0.15) is 0 Å². The number of hydrogen-bond acceptors (Lipinski definition) is 1. The predicted octanol–water partition coefficient (Wildman–Crippen LogP) is 2.63. The smallest absolute Gasteiger partial charge is 0.220 e. The van der Waals surface area contributed by atoms with Crippen molar-refractivity contribution in [1.82, 2.24) is 10.3 Å². The summed E-state index contributed by atoms with van der Waals surface area (Å²) in [4.78, 5) is 14.9. The van der Waals surface area contributed by atoms with Crippen LogP contribution in [0.1, 0.15) is 24.8 Å². The van der Waals surface area contributed by atoms with Gasteiger partial charge in [0.1, 0.15) is 0 Å². The highest BCUT2D eigenvalue weighted by Crippen LogP contribution is 2.18. The van der Waals surface area contributed by atoms with Gasteiger partial charge in [-0.05, 0) is 24.5 Å². The number of aromatic amines is 1. The molecule has 0 unspecified atom stereocenters. The molecule has 0 aliphatic carbocycles. The number of carbonyl (C=O) groups is 1. The first-order valence-electron chi connectivity index (χ1n) is 6.56.